The van der Waals surface area contributed by atoms with Gasteiger partial charge in [-0.25, -0.2) is 9.59 Å². The number of ether oxygens (including phenoxy) is 2. The zero-order valence-electron chi connectivity index (χ0n) is 14.9. The molecule has 3 amide bonds. The van der Waals surface area contributed by atoms with Crippen molar-refractivity contribution < 1.29 is 23.9 Å². The number of rotatable bonds is 6. The predicted octanol–water partition coefficient (Wildman–Crippen LogP) is 3.46. The molecular formula is C18H22Cl2N2O5. The molecule has 1 aliphatic carbocycles. The van der Waals surface area contributed by atoms with Crippen molar-refractivity contribution >= 4 is 41.1 Å². The van der Waals surface area contributed by atoms with Crippen LogP contribution in [0, 0.1) is 0 Å². The number of hydrogen-bond acceptors (Lipinski definition) is 5. The van der Waals surface area contributed by atoms with Gasteiger partial charge in [-0.05, 0) is 38.0 Å². The first-order valence-electron chi connectivity index (χ1n) is 8.74. The van der Waals surface area contributed by atoms with Crippen molar-refractivity contribution in [2.75, 3.05) is 6.61 Å². The summed E-state index contributed by atoms with van der Waals surface area (Å²) in [5.41, 5.74) is 0. The average molecular weight is 417 g/mol. The number of urea groups is 1. The SMILES string of the molecule is C[C@H](OC(=O)COc1ccc(Cl)cc1Cl)C(=O)NC(=O)NC1CCCCC1. The number of carbonyl (C=O) groups is 3. The van der Waals surface area contributed by atoms with Crippen LogP contribution < -0.4 is 15.4 Å². The molecule has 148 valence electrons. The van der Waals surface area contributed by atoms with Crippen molar-refractivity contribution in [1.82, 2.24) is 10.6 Å². The lowest BCUT2D eigenvalue weighted by Gasteiger charge is -2.23. The van der Waals surface area contributed by atoms with E-state index in [4.69, 9.17) is 32.7 Å². The van der Waals surface area contributed by atoms with Gasteiger partial charge < -0.3 is 14.8 Å². The molecule has 0 spiro atoms. The molecule has 0 bridgehead atoms. The average Bonchev–Trinajstić information content (AvgIpc) is 2.61. The van der Waals surface area contributed by atoms with Crippen LogP contribution in [0.5, 0.6) is 5.75 Å². The standard InChI is InChI=1S/C18H22Cl2N2O5/c1-11(17(24)22-18(25)21-13-5-3-2-4-6-13)27-16(23)10-26-15-8-7-12(19)9-14(15)20/h7-9,11,13H,2-6,10H2,1H3,(H2,21,22,24,25)/t11-/m0/s1. The largest absolute Gasteiger partial charge is 0.480 e. The van der Waals surface area contributed by atoms with Gasteiger partial charge in [-0.1, -0.05) is 42.5 Å². The fraction of sp³-hybridized carbons (Fsp3) is 0.500. The lowest BCUT2D eigenvalue weighted by Crippen LogP contribution is -2.48. The summed E-state index contributed by atoms with van der Waals surface area (Å²) in [5.74, 6) is -1.21. The Morgan fingerprint density at radius 2 is 1.89 bits per heavy atom. The molecule has 1 fully saturated rings. The van der Waals surface area contributed by atoms with E-state index in [1.165, 1.54) is 19.1 Å². The maximum Gasteiger partial charge on any atom is 0.344 e. The molecule has 9 heteroatoms. The molecule has 0 aromatic heterocycles. The smallest absolute Gasteiger partial charge is 0.344 e. The third kappa shape index (κ3) is 7.27. The van der Waals surface area contributed by atoms with Gasteiger partial charge in [0.25, 0.3) is 5.91 Å². The van der Waals surface area contributed by atoms with Crippen molar-refractivity contribution in [2.45, 2.75) is 51.2 Å². The first-order valence-corrected chi connectivity index (χ1v) is 9.49. The Bertz CT molecular complexity index is 692. The molecule has 0 radical (unpaired) electrons. The summed E-state index contributed by atoms with van der Waals surface area (Å²) in [4.78, 5) is 35.6. The number of imide groups is 1. The monoisotopic (exact) mass is 416 g/mol. The molecule has 0 aliphatic heterocycles. The molecular weight excluding hydrogens is 395 g/mol. The number of hydrogen-bond donors (Lipinski definition) is 2. The van der Waals surface area contributed by atoms with E-state index in [0.29, 0.717) is 5.02 Å². The lowest BCUT2D eigenvalue weighted by molar-refractivity contribution is -0.156. The van der Waals surface area contributed by atoms with Crippen LogP contribution in [0.4, 0.5) is 4.79 Å². The summed E-state index contributed by atoms with van der Waals surface area (Å²) in [5, 5.41) is 5.62. The highest BCUT2D eigenvalue weighted by molar-refractivity contribution is 6.35. The van der Waals surface area contributed by atoms with Crippen LogP contribution in [-0.4, -0.2) is 36.7 Å². The van der Waals surface area contributed by atoms with Gasteiger partial charge in [0.05, 0.1) is 5.02 Å². The van der Waals surface area contributed by atoms with Gasteiger partial charge >= 0.3 is 12.0 Å². The second-order valence-electron chi connectivity index (χ2n) is 6.29. The highest BCUT2D eigenvalue weighted by Gasteiger charge is 2.22. The Balaban J connectivity index is 1.72. The second-order valence-corrected chi connectivity index (χ2v) is 7.14. The van der Waals surface area contributed by atoms with E-state index in [0.717, 1.165) is 32.1 Å². The predicted molar refractivity (Wildman–Crippen MR) is 101 cm³/mol. The van der Waals surface area contributed by atoms with E-state index in [2.05, 4.69) is 10.6 Å². The molecule has 27 heavy (non-hydrogen) atoms. The van der Waals surface area contributed by atoms with Gasteiger partial charge in [-0.15, -0.1) is 0 Å². The molecule has 1 aliphatic rings. The van der Waals surface area contributed by atoms with Crippen molar-refractivity contribution in [1.29, 1.82) is 0 Å². The molecule has 1 atom stereocenters. The van der Waals surface area contributed by atoms with Crippen molar-refractivity contribution in [2.24, 2.45) is 0 Å². The van der Waals surface area contributed by atoms with E-state index < -0.39 is 30.6 Å². The second kappa shape index (κ2) is 10.4. The molecule has 2 N–H and O–H groups in total. The molecule has 1 saturated carbocycles. The summed E-state index contributed by atoms with van der Waals surface area (Å²) in [6.07, 6.45) is 3.94. The quantitative estimate of drug-likeness (QED) is 0.692. The summed E-state index contributed by atoms with van der Waals surface area (Å²) in [6, 6.07) is 4.05. The summed E-state index contributed by atoms with van der Waals surface area (Å²) in [6.45, 7) is 0.934. The number of nitrogens with one attached hydrogen (secondary N) is 2. The van der Waals surface area contributed by atoms with Gasteiger partial charge in [0, 0.05) is 11.1 Å². The molecule has 7 nitrogen and oxygen atoms in total. The van der Waals surface area contributed by atoms with Crippen LogP contribution in [0.25, 0.3) is 0 Å². The van der Waals surface area contributed by atoms with Gasteiger partial charge in [0.15, 0.2) is 12.7 Å². The number of carbonyl (C=O) groups excluding carboxylic acids is 3. The lowest BCUT2D eigenvalue weighted by atomic mass is 9.96. The zero-order chi connectivity index (χ0) is 19.8. The third-order valence-corrected chi connectivity index (χ3v) is 4.62. The van der Waals surface area contributed by atoms with E-state index in [1.807, 2.05) is 0 Å². The number of halogens is 2. The molecule has 1 aromatic rings. The van der Waals surface area contributed by atoms with Gasteiger partial charge in [-0.3, -0.25) is 10.1 Å². The van der Waals surface area contributed by atoms with E-state index in [-0.39, 0.29) is 16.8 Å². The molecule has 0 unspecified atom stereocenters. The normalized spacial score (nSPS) is 15.5. The minimum absolute atomic E-state index is 0.0712. The maximum absolute atomic E-state index is 12.0. The Morgan fingerprint density at radius 1 is 1.19 bits per heavy atom. The molecule has 0 heterocycles. The van der Waals surface area contributed by atoms with Gasteiger partial charge in [0.1, 0.15) is 5.75 Å². The highest BCUT2D eigenvalue weighted by atomic mass is 35.5. The van der Waals surface area contributed by atoms with E-state index in [1.54, 1.807) is 6.07 Å². The van der Waals surface area contributed by atoms with Crippen molar-refractivity contribution in [3.8, 4) is 5.75 Å². The Kier molecular flexibility index (Phi) is 8.19. The minimum Gasteiger partial charge on any atom is -0.480 e. The number of amides is 3. The fourth-order valence-electron chi connectivity index (χ4n) is 2.70. The zero-order valence-corrected chi connectivity index (χ0v) is 16.4. The summed E-state index contributed by atoms with van der Waals surface area (Å²) < 4.78 is 10.2. The van der Waals surface area contributed by atoms with Crippen LogP contribution in [0.2, 0.25) is 10.0 Å². The minimum atomic E-state index is -1.14. The van der Waals surface area contributed by atoms with Gasteiger partial charge in [0.2, 0.25) is 0 Å². The van der Waals surface area contributed by atoms with Crippen molar-refractivity contribution in [3.63, 3.8) is 0 Å². The topological polar surface area (TPSA) is 93.7 Å². The first kappa shape index (κ1) is 21.3. The Labute approximate surface area is 167 Å². The fourth-order valence-corrected chi connectivity index (χ4v) is 3.16. The highest BCUT2D eigenvalue weighted by Crippen LogP contribution is 2.27. The first-order chi connectivity index (χ1) is 12.8. The Morgan fingerprint density at radius 3 is 2.56 bits per heavy atom. The number of esters is 1. The van der Waals surface area contributed by atoms with E-state index in [9.17, 15) is 14.4 Å². The maximum atomic E-state index is 12.0. The summed E-state index contributed by atoms with van der Waals surface area (Å²) >= 11 is 11.7. The van der Waals surface area contributed by atoms with E-state index >= 15 is 0 Å². The van der Waals surface area contributed by atoms with Crippen LogP contribution in [0.15, 0.2) is 18.2 Å². The van der Waals surface area contributed by atoms with Crippen LogP contribution in [0.1, 0.15) is 39.0 Å². The molecule has 0 saturated heterocycles. The Hall–Kier alpha value is -1.99. The van der Waals surface area contributed by atoms with Crippen LogP contribution in [-0.2, 0) is 14.3 Å². The third-order valence-electron chi connectivity index (χ3n) is 4.09. The molecule has 2 rings (SSSR count). The van der Waals surface area contributed by atoms with Crippen LogP contribution in [0.3, 0.4) is 0 Å². The van der Waals surface area contributed by atoms with Crippen molar-refractivity contribution in [3.05, 3.63) is 28.2 Å². The summed E-state index contributed by atoms with van der Waals surface area (Å²) in [7, 11) is 0. The molecule has 1 aromatic carbocycles. The number of benzene rings is 1. The van der Waals surface area contributed by atoms with Crippen LogP contribution >= 0.6 is 23.2 Å². The van der Waals surface area contributed by atoms with Gasteiger partial charge in [-0.2, -0.15) is 0 Å².